The zero-order valence-electron chi connectivity index (χ0n) is 18.7. The van der Waals surface area contributed by atoms with E-state index in [0.717, 1.165) is 56.6 Å². The summed E-state index contributed by atoms with van der Waals surface area (Å²) in [5, 5.41) is 0. The van der Waals surface area contributed by atoms with Gasteiger partial charge in [0.1, 0.15) is 0 Å². The van der Waals surface area contributed by atoms with Crippen LogP contribution in [-0.2, 0) is 13.0 Å². The number of carbonyl (C=O) groups excluding carboxylic acids is 1. The summed E-state index contributed by atoms with van der Waals surface area (Å²) in [6.45, 7) is 3.29. The average molecular weight is 420 g/mol. The smallest absolute Gasteiger partial charge is 0.167 e. The highest BCUT2D eigenvalue weighted by molar-refractivity contribution is 6.04. The second-order valence-corrected chi connectivity index (χ2v) is 9.46. The van der Waals surface area contributed by atoms with Crippen molar-refractivity contribution in [3.8, 4) is 11.5 Å². The fourth-order valence-corrected chi connectivity index (χ4v) is 6.24. The molecule has 2 aromatic rings. The van der Waals surface area contributed by atoms with Crippen LogP contribution in [0.25, 0.3) is 0 Å². The first-order valence-electron chi connectivity index (χ1n) is 11.8. The van der Waals surface area contributed by atoms with Gasteiger partial charge in [-0.05, 0) is 80.6 Å². The van der Waals surface area contributed by atoms with Gasteiger partial charge in [-0.2, -0.15) is 0 Å². The molecule has 1 fully saturated rings. The maximum absolute atomic E-state index is 13.5. The summed E-state index contributed by atoms with van der Waals surface area (Å²) < 4.78 is 11.3. The predicted octanol–water partition coefficient (Wildman–Crippen LogP) is 5.24. The zero-order valence-corrected chi connectivity index (χ0v) is 18.7. The fraction of sp³-hybridized carbons (Fsp3) is 0.519. The lowest BCUT2D eigenvalue weighted by Gasteiger charge is -2.34. The van der Waals surface area contributed by atoms with Crippen LogP contribution in [0, 0.1) is 11.8 Å². The first-order valence-corrected chi connectivity index (χ1v) is 11.8. The molecule has 1 aliphatic heterocycles. The van der Waals surface area contributed by atoms with Crippen LogP contribution < -0.4 is 9.47 Å². The molecule has 2 unspecified atom stereocenters. The maximum Gasteiger partial charge on any atom is 0.167 e. The third-order valence-corrected chi connectivity index (χ3v) is 7.76. The summed E-state index contributed by atoms with van der Waals surface area (Å²) in [4.78, 5) is 16.0. The van der Waals surface area contributed by atoms with Gasteiger partial charge < -0.3 is 9.47 Å². The van der Waals surface area contributed by atoms with E-state index in [9.17, 15) is 4.79 Å². The number of carbonyl (C=O) groups is 1. The molecule has 164 valence electrons. The van der Waals surface area contributed by atoms with Gasteiger partial charge in [0, 0.05) is 23.6 Å². The molecule has 0 bridgehead atoms. The number of benzene rings is 2. The van der Waals surface area contributed by atoms with Gasteiger partial charge in [-0.25, -0.2) is 0 Å². The number of likely N-dealkylation sites (tertiary alicyclic amines) is 1. The van der Waals surface area contributed by atoms with E-state index in [1.807, 2.05) is 6.07 Å². The molecule has 4 nitrogen and oxygen atoms in total. The number of hydrogen-bond acceptors (Lipinski definition) is 4. The molecular weight excluding hydrogens is 386 g/mol. The van der Waals surface area contributed by atoms with E-state index >= 15 is 0 Å². The minimum atomic E-state index is 0.136. The molecule has 0 radical (unpaired) electrons. The number of nitrogens with zero attached hydrogens (tertiary/aromatic N) is 1. The Morgan fingerprint density at radius 3 is 2.52 bits per heavy atom. The van der Waals surface area contributed by atoms with E-state index in [4.69, 9.17) is 9.47 Å². The Labute approximate surface area is 185 Å². The Bertz CT molecular complexity index is 947. The van der Waals surface area contributed by atoms with Gasteiger partial charge in [0.15, 0.2) is 17.3 Å². The molecule has 1 heterocycles. The predicted molar refractivity (Wildman–Crippen MR) is 122 cm³/mol. The van der Waals surface area contributed by atoms with Crippen molar-refractivity contribution in [2.75, 3.05) is 27.3 Å². The van der Waals surface area contributed by atoms with Crippen LogP contribution in [0.1, 0.15) is 65.1 Å². The Morgan fingerprint density at radius 1 is 1.03 bits per heavy atom. The minimum absolute atomic E-state index is 0.136. The summed E-state index contributed by atoms with van der Waals surface area (Å²) in [5.41, 5.74) is 4.80. The largest absolute Gasteiger partial charge is 0.493 e. The van der Waals surface area contributed by atoms with Crippen molar-refractivity contribution in [2.24, 2.45) is 11.8 Å². The lowest BCUT2D eigenvalue weighted by molar-refractivity contribution is 0.0870. The van der Waals surface area contributed by atoms with Gasteiger partial charge in [0.25, 0.3) is 0 Å². The van der Waals surface area contributed by atoms with Gasteiger partial charge in [-0.3, -0.25) is 9.69 Å². The Hall–Kier alpha value is -2.33. The third-order valence-electron chi connectivity index (χ3n) is 7.76. The number of methoxy groups -OCH3 is 2. The monoisotopic (exact) mass is 419 g/mol. The summed E-state index contributed by atoms with van der Waals surface area (Å²) in [6.07, 6.45) is 6.65. The van der Waals surface area contributed by atoms with Crippen molar-refractivity contribution in [3.05, 3.63) is 58.7 Å². The number of hydrogen-bond donors (Lipinski definition) is 0. The number of ether oxygens (including phenoxy) is 2. The second-order valence-electron chi connectivity index (χ2n) is 9.46. The van der Waals surface area contributed by atoms with E-state index < -0.39 is 0 Å². The van der Waals surface area contributed by atoms with E-state index in [0.29, 0.717) is 23.4 Å². The molecule has 2 aliphatic carbocycles. The van der Waals surface area contributed by atoms with Gasteiger partial charge in [-0.1, -0.05) is 30.3 Å². The van der Waals surface area contributed by atoms with Crippen LogP contribution in [0.5, 0.6) is 11.5 Å². The topological polar surface area (TPSA) is 38.8 Å². The zero-order chi connectivity index (χ0) is 21.4. The highest BCUT2D eigenvalue weighted by Crippen LogP contribution is 2.53. The number of piperidine rings is 1. The number of rotatable bonds is 6. The van der Waals surface area contributed by atoms with Crippen molar-refractivity contribution < 1.29 is 14.3 Å². The standard InChI is InChI=1S/C27H33NO3/c1-30-24-16-23-25-20(9-6-10-21(25)27(24)31-2)22(26(23)29)15-18-11-13-28(14-12-18)17-19-7-4-3-5-8-19/h3-5,7-8,16,18,20,22H,6,9-15,17H2,1-2H3. The molecule has 2 aromatic carbocycles. The lowest BCUT2D eigenvalue weighted by Crippen LogP contribution is -2.34. The minimum Gasteiger partial charge on any atom is -0.493 e. The first-order chi connectivity index (χ1) is 15.2. The summed E-state index contributed by atoms with van der Waals surface area (Å²) >= 11 is 0. The van der Waals surface area contributed by atoms with Gasteiger partial charge >= 0.3 is 0 Å². The Balaban J connectivity index is 1.29. The van der Waals surface area contributed by atoms with E-state index in [-0.39, 0.29) is 5.92 Å². The van der Waals surface area contributed by atoms with Crippen LogP contribution in [0.15, 0.2) is 36.4 Å². The Morgan fingerprint density at radius 2 is 1.81 bits per heavy atom. The normalized spacial score (nSPS) is 23.6. The highest BCUT2D eigenvalue weighted by atomic mass is 16.5. The molecule has 0 aromatic heterocycles. The van der Waals surface area contributed by atoms with Crippen molar-refractivity contribution in [1.82, 2.24) is 4.90 Å². The van der Waals surface area contributed by atoms with Crippen LogP contribution in [0.3, 0.4) is 0 Å². The molecule has 3 aliphatic rings. The molecule has 4 heteroatoms. The van der Waals surface area contributed by atoms with Crippen molar-refractivity contribution >= 4 is 5.78 Å². The molecule has 1 saturated heterocycles. The van der Waals surface area contributed by atoms with Crippen LogP contribution in [-0.4, -0.2) is 38.0 Å². The second kappa shape index (κ2) is 8.66. The fourth-order valence-electron chi connectivity index (χ4n) is 6.24. The van der Waals surface area contributed by atoms with Crippen molar-refractivity contribution in [3.63, 3.8) is 0 Å². The Kier molecular flexibility index (Phi) is 5.75. The van der Waals surface area contributed by atoms with E-state index in [2.05, 4.69) is 35.2 Å². The summed E-state index contributed by atoms with van der Waals surface area (Å²) in [5.74, 6) is 3.04. The first kappa shape index (κ1) is 20.6. The maximum atomic E-state index is 13.5. The van der Waals surface area contributed by atoms with Crippen LogP contribution in [0.2, 0.25) is 0 Å². The quantitative estimate of drug-likeness (QED) is 0.642. The molecule has 0 amide bonds. The molecule has 0 spiro atoms. The molecule has 0 saturated carbocycles. The molecular formula is C27H33NO3. The lowest BCUT2D eigenvalue weighted by atomic mass is 9.75. The van der Waals surface area contributed by atoms with Crippen molar-refractivity contribution in [2.45, 2.75) is 51.0 Å². The van der Waals surface area contributed by atoms with E-state index in [1.54, 1.807) is 14.2 Å². The summed E-state index contributed by atoms with van der Waals surface area (Å²) in [6, 6.07) is 12.7. The molecule has 31 heavy (non-hydrogen) atoms. The number of ketones is 1. The molecule has 5 rings (SSSR count). The SMILES string of the molecule is COc1cc2c3c(c1OC)CCCC3C(CC1CCN(Cc3ccccc3)CC1)C2=O. The van der Waals surface area contributed by atoms with Gasteiger partial charge in [-0.15, -0.1) is 0 Å². The van der Waals surface area contributed by atoms with E-state index in [1.165, 1.54) is 29.5 Å². The highest BCUT2D eigenvalue weighted by Gasteiger charge is 2.45. The van der Waals surface area contributed by atoms with Gasteiger partial charge in [0.05, 0.1) is 14.2 Å². The average Bonchev–Trinajstić information content (AvgIpc) is 3.08. The molecule has 0 N–H and O–H groups in total. The van der Waals surface area contributed by atoms with Crippen LogP contribution >= 0.6 is 0 Å². The third kappa shape index (κ3) is 3.76. The van der Waals surface area contributed by atoms with Crippen LogP contribution in [0.4, 0.5) is 0 Å². The number of Topliss-reactive ketones (excluding diaryl/α,β-unsaturated/α-hetero) is 1. The van der Waals surface area contributed by atoms with Gasteiger partial charge in [0.2, 0.25) is 0 Å². The summed E-state index contributed by atoms with van der Waals surface area (Å²) in [7, 11) is 3.37. The van der Waals surface area contributed by atoms with Crippen molar-refractivity contribution in [1.29, 1.82) is 0 Å². The molecule has 2 atom stereocenters.